The van der Waals surface area contributed by atoms with E-state index in [0.29, 0.717) is 28.8 Å². The maximum absolute atomic E-state index is 11.0. The minimum absolute atomic E-state index is 0.00423. The van der Waals surface area contributed by atoms with E-state index in [0.717, 1.165) is 22.4 Å². The SMILES string of the molecule is Cc1[nH]nc2c1[C@H](c1cnn(C)c1)c1c(ncn3nc(-c4ccc([N+](=O)[O-])cc4)nc13)O2. The summed E-state index contributed by atoms with van der Waals surface area (Å²) in [5, 5.41) is 27.1. The minimum Gasteiger partial charge on any atom is -0.418 e. The third-order valence-electron chi connectivity index (χ3n) is 5.51. The normalized spacial score (nSPS) is 14.8. The molecule has 0 saturated heterocycles. The lowest BCUT2D eigenvalue weighted by atomic mass is 9.86. The van der Waals surface area contributed by atoms with E-state index in [1.54, 1.807) is 27.5 Å². The number of rotatable bonds is 3. The Balaban J connectivity index is 1.56. The molecule has 0 aliphatic carbocycles. The number of nitro groups is 1. The van der Waals surface area contributed by atoms with Crippen molar-refractivity contribution in [1.82, 2.24) is 39.6 Å². The van der Waals surface area contributed by atoms with Crippen molar-refractivity contribution in [1.29, 1.82) is 0 Å². The molecule has 12 heteroatoms. The molecule has 1 N–H and O–H groups in total. The van der Waals surface area contributed by atoms with Crippen LogP contribution in [0.5, 0.6) is 11.8 Å². The monoisotopic (exact) mass is 429 g/mol. The lowest BCUT2D eigenvalue weighted by Gasteiger charge is -2.24. The van der Waals surface area contributed by atoms with Gasteiger partial charge in [0.25, 0.3) is 5.69 Å². The van der Waals surface area contributed by atoms with Crippen LogP contribution in [0.4, 0.5) is 5.69 Å². The zero-order chi connectivity index (χ0) is 22.0. The van der Waals surface area contributed by atoms with Gasteiger partial charge in [-0.1, -0.05) is 0 Å². The van der Waals surface area contributed by atoms with E-state index < -0.39 is 4.92 Å². The van der Waals surface area contributed by atoms with Gasteiger partial charge < -0.3 is 4.74 Å². The molecule has 1 aromatic carbocycles. The molecule has 158 valence electrons. The van der Waals surface area contributed by atoms with Gasteiger partial charge in [-0.3, -0.25) is 19.9 Å². The highest BCUT2D eigenvalue weighted by Crippen LogP contribution is 2.48. The first-order valence-electron chi connectivity index (χ1n) is 9.71. The molecule has 0 radical (unpaired) electrons. The Labute approximate surface area is 179 Å². The first kappa shape index (κ1) is 18.2. The van der Waals surface area contributed by atoms with Gasteiger partial charge in [-0.15, -0.1) is 10.2 Å². The van der Waals surface area contributed by atoms with Crippen LogP contribution in [0.15, 0.2) is 43.0 Å². The van der Waals surface area contributed by atoms with E-state index in [2.05, 4.69) is 25.4 Å². The van der Waals surface area contributed by atoms with Crippen LogP contribution in [-0.4, -0.2) is 44.5 Å². The maximum Gasteiger partial charge on any atom is 0.269 e. The summed E-state index contributed by atoms with van der Waals surface area (Å²) >= 11 is 0. The number of ether oxygens (including phenoxy) is 1. The third kappa shape index (κ3) is 2.59. The predicted molar refractivity (Wildman–Crippen MR) is 110 cm³/mol. The number of aromatic amines is 1. The van der Waals surface area contributed by atoms with Gasteiger partial charge in [0.05, 0.1) is 22.6 Å². The first-order valence-corrected chi connectivity index (χ1v) is 9.71. The quantitative estimate of drug-likeness (QED) is 0.334. The maximum atomic E-state index is 11.0. The van der Waals surface area contributed by atoms with E-state index >= 15 is 0 Å². The molecule has 0 amide bonds. The van der Waals surface area contributed by atoms with Gasteiger partial charge in [-0.25, -0.2) is 14.5 Å². The Morgan fingerprint density at radius 2 is 2.00 bits per heavy atom. The highest BCUT2D eigenvalue weighted by molar-refractivity contribution is 5.68. The average molecular weight is 429 g/mol. The Morgan fingerprint density at radius 1 is 1.19 bits per heavy atom. The van der Waals surface area contributed by atoms with Crippen LogP contribution in [0.1, 0.15) is 28.3 Å². The molecule has 5 heterocycles. The van der Waals surface area contributed by atoms with Crippen molar-refractivity contribution in [2.75, 3.05) is 0 Å². The van der Waals surface area contributed by atoms with Crippen molar-refractivity contribution in [3.05, 3.63) is 75.5 Å². The summed E-state index contributed by atoms with van der Waals surface area (Å²) in [6, 6.07) is 6.11. The van der Waals surface area contributed by atoms with Crippen LogP contribution in [0.2, 0.25) is 0 Å². The smallest absolute Gasteiger partial charge is 0.269 e. The zero-order valence-corrected chi connectivity index (χ0v) is 16.9. The van der Waals surface area contributed by atoms with Crippen LogP contribution in [-0.2, 0) is 7.05 Å². The molecule has 5 aromatic rings. The second-order valence-corrected chi connectivity index (χ2v) is 7.52. The predicted octanol–water partition coefficient (Wildman–Crippen LogP) is 2.75. The Hall–Kier alpha value is -4.61. The number of hydrogen-bond donors (Lipinski definition) is 1. The fourth-order valence-electron chi connectivity index (χ4n) is 4.04. The topological polar surface area (TPSA) is 142 Å². The van der Waals surface area contributed by atoms with Crippen LogP contribution in [0, 0.1) is 17.0 Å². The second kappa shape index (κ2) is 6.44. The van der Waals surface area contributed by atoms with E-state index in [1.807, 2.05) is 20.2 Å². The van der Waals surface area contributed by atoms with Gasteiger partial charge >= 0.3 is 0 Å². The standard InChI is InChI=1S/C20H15N9O3/c1-10-14-15(12-7-22-27(2)8-12)16-18-23-17(11-3-5-13(6-4-11)29(30)31)26-28(18)9-21-19(16)32-20(14)25-24-10/h3-9,15H,1-2H3,(H,24,25)/t15-/m0/s1. The molecule has 0 unspecified atom stereocenters. The number of nitrogens with zero attached hydrogens (tertiary/aromatic N) is 8. The molecular weight excluding hydrogens is 414 g/mol. The Morgan fingerprint density at radius 3 is 2.72 bits per heavy atom. The molecular formula is C20H15N9O3. The Kier molecular flexibility index (Phi) is 3.66. The number of H-pyrrole nitrogens is 1. The molecule has 0 bridgehead atoms. The molecule has 0 spiro atoms. The van der Waals surface area contributed by atoms with E-state index in [-0.39, 0.29) is 11.6 Å². The number of nitro benzene ring substituents is 1. The van der Waals surface area contributed by atoms with Crippen molar-refractivity contribution < 1.29 is 9.66 Å². The summed E-state index contributed by atoms with van der Waals surface area (Å²) in [5.41, 5.74) is 4.68. The lowest BCUT2D eigenvalue weighted by molar-refractivity contribution is -0.384. The van der Waals surface area contributed by atoms with Crippen molar-refractivity contribution in [2.45, 2.75) is 12.8 Å². The van der Waals surface area contributed by atoms with Crippen molar-refractivity contribution >= 4 is 11.3 Å². The molecule has 0 fully saturated rings. The van der Waals surface area contributed by atoms with E-state index in [4.69, 9.17) is 9.72 Å². The number of benzene rings is 1. The average Bonchev–Trinajstić information content (AvgIpc) is 3.51. The highest BCUT2D eigenvalue weighted by atomic mass is 16.6. The number of nitrogens with one attached hydrogen (secondary N) is 1. The lowest BCUT2D eigenvalue weighted by Crippen LogP contribution is -2.14. The largest absolute Gasteiger partial charge is 0.418 e. The summed E-state index contributed by atoms with van der Waals surface area (Å²) in [6.45, 7) is 1.93. The third-order valence-corrected chi connectivity index (χ3v) is 5.51. The van der Waals surface area contributed by atoms with Gasteiger partial charge in [0.15, 0.2) is 11.5 Å². The van der Waals surface area contributed by atoms with Crippen LogP contribution < -0.4 is 4.74 Å². The van der Waals surface area contributed by atoms with Gasteiger partial charge in [0.2, 0.25) is 11.8 Å². The molecule has 6 rings (SSSR count). The summed E-state index contributed by atoms with van der Waals surface area (Å²) in [7, 11) is 1.86. The van der Waals surface area contributed by atoms with Crippen molar-refractivity contribution in [3.8, 4) is 23.1 Å². The molecule has 1 aliphatic rings. The van der Waals surface area contributed by atoms with Crippen LogP contribution in [0.25, 0.3) is 17.0 Å². The minimum atomic E-state index is -0.443. The molecule has 1 atom stereocenters. The molecule has 0 saturated carbocycles. The van der Waals surface area contributed by atoms with Gasteiger partial charge in [-0.05, 0) is 19.1 Å². The fourth-order valence-corrected chi connectivity index (χ4v) is 4.04. The summed E-state index contributed by atoms with van der Waals surface area (Å²) in [5.74, 6) is 1.03. The summed E-state index contributed by atoms with van der Waals surface area (Å²) < 4.78 is 9.31. The molecule has 32 heavy (non-hydrogen) atoms. The van der Waals surface area contributed by atoms with Crippen molar-refractivity contribution in [3.63, 3.8) is 0 Å². The number of aryl methyl sites for hydroxylation is 2. The number of non-ortho nitro benzene ring substituents is 1. The zero-order valence-electron chi connectivity index (χ0n) is 16.9. The van der Waals surface area contributed by atoms with Crippen LogP contribution in [0.3, 0.4) is 0 Å². The highest BCUT2D eigenvalue weighted by Gasteiger charge is 2.37. The van der Waals surface area contributed by atoms with E-state index in [9.17, 15) is 10.1 Å². The Bertz CT molecular complexity index is 1510. The first-order chi connectivity index (χ1) is 15.5. The molecule has 1 aliphatic heterocycles. The number of fused-ring (bicyclic) bond motifs is 4. The van der Waals surface area contributed by atoms with Gasteiger partial charge in [0.1, 0.15) is 6.33 Å². The summed E-state index contributed by atoms with van der Waals surface area (Å²) in [4.78, 5) is 19.7. The molecule has 4 aromatic heterocycles. The summed E-state index contributed by atoms with van der Waals surface area (Å²) in [6.07, 6.45) is 5.26. The number of hydrogen-bond acceptors (Lipinski definition) is 8. The number of aromatic nitrogens is 8. The van der Waals surface area contributed by atoms with Crippen molar-refractivity contribution in [2.24, 2.45) is 7.05 Å². The van der Waals surface area contributed by atoms with Crippen LogP contribution >= 0.6 is 0 Å². The molecule has 12 nitrogen and oxygen atoms in total. The fraction of sp³-hybridized carbons (Fsp3) is 0.150. The van der Waals surface area contributed by atoms with Gasteiger partial charge in [0, 0.05) is 47.8 Å². The second-order valence-electron chi connectivity index (χ2n) is 7.52. The van der Waals surface area contributed by atoms with Gasteiger partial charge in [-0.2, -0.15) is 5.10 Å². The van der Waals surface area contributed by atoms with E-state index in [1.165, 1.54) is 18.5 Å².